The van der Waals surface area contributed by atoms with Crippen LogP contribution in [-0.2, 0) is 0 Å². The van der Waals surface area contributed by atoms with Crippen molar-refractivity contribution in [3.63, 3.8) is 0 Å². The first kappa shape index (κ1) is 18.7. The second-order valence-electron chi connectivity index (χ2n) is 9.44. The molecule has 0 unspecified atom stereocenters. The van der Waals surface area contributed by atoms with Gasteiger partial charge < -0.3 is 0 Å². The van der Waals surface area contributed by atoms with Crippen LogP contribution in [0, 0.1) is 0 Å². The standard InChI is InChI=1S/C32H17N3S/c1-2-8-18(9-3-1)19-14-15-20-22-17-27-28(21-10-4-7-13-26(21)36-27)29-30-32(35(31(22)29)25(20)16-19)34-24-12-6-5-11-23(24)33-30/h1-17H. The van der Waals surface area contributed by atoms with Crippen LogP contribution in [0.25, 0.3) is 80.7 Å². The number of hydrogen-bond acceptors (Lipinski definition) is 3. The molecule has 0 radical (unpaired) electrons. The van der Waals surface area contributed by atoms with Crippen LogP contribution in [0.5, 0.6) is 0 Å². The van der Waals surface area contributed by atoms with Gasteiger partial charge >= 0.3 is 0 Å². The monoisotopic (exact) mass is 475 g/mol. The highest BCUT2D eigenvalue weighted by molar-refractivity contribution is 7.26. The van der Waals surface area contributed by atoms with E-state index in [1.165, 1.54) is 58.5 Å². The van der Waals surface area contributed by atoms with Crippen LogP contribution in [0.3, 0.4) is 0 Å². The Morgan fingerprint density at radius 1 is 0.556 bits per heavy atom. The van der Waals surface area contributed by atoms with Crippen molar-refractivity contribution < 1.29 is 0 Å². The van der Waals surface area contributed by atoms with Gasteiger partial charge in [0.15, 0.2) is 5.65 Å². The number of para-hydroxylation sites is 2. The minimum Gasteiger partial charge on any atom is -0.291 e. The van der Waals surface area contributed by atoms with Gasteiger partial charge in [-0.15, -0.1) is 11.3 Å². The van der Waals surface area contributed by atoms with Crippen molar-refractivity contribution in [2.45, 2.75) is 0 Å². The Kier molecular flexibility index (Phi) is 3.42. The largest absolute Gasteiger partial charge is 0.291 e. The lowest BCUT2D eigenvalue weighted by atomic mass is 10.0. The van der Waals surface area contributed by atoms with Crippen molar-refractivity contribution in [2.24, 2.45) is 0 Å². The molecule has 4 heteroatoms. The van der Waals surface area contributed by atoms with E-state index in [2.05, 4.69) is 95.4 Å². The fraction of sp³-hybridized carbons (Fsp3) is 0. The second kappa shape index (κ2) is 6.56. The van der Waals surface area contributed by atoms with Crippen molar-refractivity contribution >= 4 is 80.9 Å². The molecule has 0 aliphatic carbocycles. The average Bonchev–Trinajstić information content (AvgIpc) is 3.57. The average molecular weight is 476 g/mol. The van der Waals surface area contributed by atoms with Crippen LogP contribution in [0.4, 0.5) is 0 Å². The molecule has 9 rings (SSSR count). The van der Waals surface area contributed by atoms with E-state index in [0.29, 0.717) is 0 Å². The zero-order chi connectivity index (χ0) is 23.4. The molecule has 0 saturated carbocycles. The fourth-order valence-corrected chi connectivity index (χ4v) is 7.11. The fourth-order valence-electron chi connectivity index (χ4n) is 5.95. The molecule has 0 atom stereocenters. The Labute approximate surface area is 209 Å². The Hall–Kier alpha value is -4.54. The van der Waals surface area contributed by atoms with Crippen LogP contribution in [0.2, 0.25) is 0 Å². The van der Waals surface area contributed by atoms with Gasteiger partial charge in [0.1, 0.15) is 5.52 Å². The minimum atomic E-state index is 0.921. The molecule has 0 saturated heterocycles. The molecule has 0 N–H and O–H groups in total. The molecule has 0 aliphatic heterocycles. The van der Waals surface area contributed by atoms with Crippen molar-refractivity contribution in [1.29, 1.82) is 0 Å². The van der Waals surface area contributed by atoms with E-state index in [4.69, 9.17) is 9.97 Å². The lowest BCUT2D eigenvalue weighted by Crippen LogP contribution is -1.89. The number of hydrogen-bond donors (Lipinski definition) is 0. The van der Waals surface area contributed by atoms with Crippen molar-refractivity contribution in [3.8, 4) is 11.1 Å². The van der Waals surface area contributed by atoms with Crippen LogP contribution in [-0.4, -0.2) is 14.4 Å². The maximum Gasteiger partial charge on any atom is 0.165 e. The maximum atomic E-state index is 5.21. The smallest absolute Gasteiger partial charge is 0.165 e. The molecule has 4 aromatic heterocycles. The number of aromatic nitrogens is 3. The van der Waals surface area contributed by atoms with E-state index in [-0.39, 0.29) is 0 Å². The van der Waals surface area contributed by atoms with E-state index >= 15 is 0 Å². The van der Waals surface area contributed by atoms with Gasteiger partial charge in [-0.05, 0) is 41.5 Å². The summed E-state index contributed by atoms with van der Waals surface area (Å²) in [5.74, 6) is 0. The molecular formula is C32H17N3S. The normalized spacial score (nSPS) is 12.4. The first-order valence-electron chi connectivity index (χ1n) is 12.1. The third-order valence-corrected chi connectivity index (χ3v) is 8.62. The van der Waals surface area contributed by atoms with Gasteiger partial charge in [0, 0.05) is 36.3 Å². The van der Waals surface area contributed by atoms with Gasteiger partial charge in [0.25, 0.3) is 0 Å². The van der Waals surface area contributed by atoms with Gasteiger partial charge in [-0.3, -0.25) is 4.40 Å². The molecule has 3 nitrogen and oxygen atoms in total. The van der Waals surface area contributed by atoms with Crippen LogP contribution in [0.15, 0.2) is 103 Å². The van der Waals surface area contributed by atoms with E-state index < -0.39 is 0 Å². The number of rotatable bonds is 1. The molecular weight excluding hydrogens is 458 g/mol. The lowest BCUT2D eigenvalue weighted by molar-refractivity contribution is 1.28. The third kappa shape index (κ3) is 2.27. The topological polar surface area (TPSA) is 30.2 Å². The molecule has 9 aromatic rings. The summed E-state index contributed by atoms with van der Waals surface area (Å²) < 4.78 is 4.96. The van der Waals surface area contributed by atoms with Crippen LogP contribution in [0.1, 0.15) is 0 Å². The summed E-state index contributed by atoms with van der Waals surface area (Å²) in [4.78, 5) is 10.4. The molecule has 36 heavy (non-hydrogen) atoms. The molecule has 0 bridgehead atoms. The predicted octanol–water partition coefficient (Wildman–Crippen LogP) is 8.81. The van der Waals surface area contributed by atoms with Crippen molar-refractivity contribution in [3.05, 3.63) is 103 Å². The van der Waals surface area contributed by atoms with Crippen LogP contribution < -0.4 is 0 Å². The SMILES string of the molecule is c1ccc(-c2ccc3c4cc5sc6ccccc6c5c5c6nc7ccccc7nc6n(c3c2)c45)cc1. The molecule has 0 amide bonds. The molecule has 0 spiro atoms. The van der Waals surface area contributed by atoms with Gasteiger partial charge in [0.05, 0.1) is 22.1 Å². The first-order valence-corrected chi connectivity index (χ1v) is 12.9. The predicted molar refractivity (Wildman–Crippen MR) is 153 cm³/mol. The summed E-state index contributed by atoms with van der Waals surface area (Å²) in [6.45, 7) is 0. The van der Waals surface area contributed by atoms with Gasteiger partial charge in [-0.2, -0.15) is 0 Å². The maximum absolute atomic E-state index is 5.21. The highest BCUT2D eigenvalue weighted by Gasteiger charge is 2.24. The third-order valence-electron chi connectivity index (χ3n) is 7.50. The summed E-state index contributed by atoms with van der Waals surface area (Å²) in [5.41, 5.74) is 8.58. The van der Waals surface area contributed by atoms with E-state index in [0.717, 1.165) is 22.2 Å². The second-order valence-corrected chi connectivity index (χ2v) is 10.5. The van der Waals surface area contributed by atoms with E-state index in [1.54, 1.807) is 0 Å². The zero-order valence-corrected chi connectivity index (χ0v) is 19.9. The quantitative estimate of drug-likeness (QED) is 0.237. The molecule has 0 fully saturated rings. The number of benzene rings is 5. The number of thiophene rings is 1. The minimum absolute atomic E-state index is 0.921. The molecule has 166 valence electrons. The summed E-state index contributed by atoms with van der Waals surface area (Å²) in [5, 5.41) is 6.32. The molecule has 0 aliphatic rings. The van der Waals surface area contributed by atoms with Crippen molar-refractivity contribution in [1.82, 2.24) is 14.4 Å². The summed E-state index contributed by atoms with van der Waals surface area (Å²) >= 11 is 1.86. The Balaban J connectivity index is 1.58. The van der Waals surface area contributed by atoms with Gasteiger partial charge in [-0.1, -0.05) is 72.8 Å². The van der Waals surface area contributed by atoms with E-state index in [9.17, 15) is 0 Å². The highest BCUT2D eigenvalue weighted by Crippen LogP contribution is 2.47. The Morgan fingerprint density at radius 3 is 2.22 bits per heavy atom. The van der Waals surface area contributed by atoms with Crippen LogP contribution >= 0.6 is 11.3 Å². The van der Waals surface area contributed by atoms with Gasteiger partial charge in [0.2, 0.25) is 0 Å². The summed E-state index contributed by atoms with van der Waals surface area (Å²) in [7, 11) is 0. The van der Waals surface area contributed by atoms with Crippen molar-refractivity contribution in [2.75, 3.05) is 0 Å². The number of nitrogens with zero attached hydrogens (tertiary/aromatic N) is 3. The molecule has 5 aromatic carbocycles. The Bertz CT molecular complexity index is 2310. The van der Waals surface area contributed by atoms with Gasteiger partial charge in [-0.25, -0.2) is 9.97 Å². The highest BCUT2D eigenvalue weighted by atomic mass is 32.1. The molecule has 4 heterocycles. The number of fused-ring (bicyclic) bond motifs is 11. The lowest BCUT2D eigenvalue weighted by Gasteiger charge is -2.04. The zero-order valence-electron chi connectivity index (χ0n) is 19.1. The Morgan fingerprint density at radius 2 is 1.33 bits per heavy atom. The summed E-state index contributed by atoms with van der Waals surface area (Å²) in [6.07, 6.45) is 0. The van der Waals surface area contributed by atoms with E-state index in [1.807, 2.05) is 23.5 Å². The summed E-state index contributed by atoms with van der Waals surface area (Å²) in [6, 6.07) is 36.7. The first-order chi connectivity index (χ1) is 17.8.